The summed E-state index contributed by atoms with van der Waals surface area (Å²) in [5.41, 5.74) is 5.14. The molecule has 1 aromatic carbocycles. The van der Waals surface area contributed by atoms with Crippen molar-refractivity contribution in [3.63, 3.8) is 0 Å². The first-order valence-corrected chi connectivity index (χ1v) is 7.06. The lowest BCUT2D eigenvalue weighted by molar-refractivity contribution is 0.620. The van der Waals surface area contributed by atoms with Gasteiger partial charge in [0.2, 0.25) is 0 Å². The molecule has 2 aromatic rings. The highest BCUT2D eigenvalue weighted by molar-refractivity contribution is 5.94. The van der Waals surface area contributed by atoms with Gasteiger partial charge < -0.3 is 5.32 Å². The summed E-state index contributed by atoms with van der Waals surface area (Å²) in [7, 11) is 0. The standard InChI is InChI=1S/C16H19FN2/c1-3-7-18-16-11-5-4-6-14(11)19-15-9-13(17)10(2)8-12(15)16/h8-9H,3-7H2,1-2H3,(H,18,19). The van der Waals surface area contributed by atoms with Gasteiger partial charge in [-0.3, -0.25) is 4.98 Å². The Morgan fingerprint density at radius 1 is 1.32 bits per heavy atom. The van der Waals surface area contributed by atoms with E-state index in [4.69, 9.17) is 0 Å². The van der Waals surface area contributed by atoms with Crippen LogP contribution in [0.15, 0.2) is 12.1 Å². The molecule has 1 aliphatic rings. The first-order chi connectivity index (χ1) is 9.20. The molecule has 0 amide bonds. The highest BCUT2D eigenvalue weighted by Crippen LogP contribution is 2.35. The fourth-order valence-corrected chi connectivity index (χ4v) is 2.84. The van der Waals surface area contributed by atoms with Crippen LogP contribution < -0.4 is 5.32 Å². The van der Waals surface area contributed by atoms with Crippen LogP contribution in [0.3, 0.4) is 0 Å². The first-order valence-electron chi connectivity index (χ1n) is 7.06. The first kappa shape index (κ1) is 12.4. The molecule has 0 radical (unpaired) electrons. The molecule has 3 rings (SSSR count). The minimum atomic E-state index is -0.167. The van der Waals surface area contributed by atoms with Crippen LogP contribution >= 0.6 is 0 Å². The maximum absolute atomic E-state index is 13.7. The topological polar surface area (TPSA) is 24.9 Å². The molecule has 19 heavy (non-hydrogen) atoms. The summed E-state index contributed by atoms with van der Waals surface area (Å²) in [6.07, 6.45) is 4.34. The van der Waals surface area contributed by atoms with Gasteiger partial charge in [0.1, 0.15) is 5.82 Å². The number of pyridine rings is 1. The predicted molar refractivity (Wildman–Crippen MR) is 77.2 cm³/mol. The normalized spacial score (nSPS) is 13.8. The molecule has 100 valence electrons. The van der Waals surface area contributed by atoms with E-state index in [9.17, 15) is 4.39 Å². The van der Waals surface area contributed by atoms with E-state index < -0.39 is 0 Å². The zero-order valence-electron chi connectivity index (χ0n) is 11.5. The summed E-state index contributed by atoms with van der Waals surface area (Å²) in [5, 5.41) is 4.58. The predicted octanol–water partition coefficient (Wildman–Crippen LogP) is 3.99. The second-order valence-electron chi connectivity index (χ2n) is 5.31. The number of nitrogens with zero attached hydrogens (tertiary/aromatic N) is 1. The molecule has 1 heterocycles. The van der Waals surface area contributed by atoms with Gasteiger partial charge in [0.05, 0.1) is 5.52 Å². The number of nitrogens with one attached hydrogen (secondary N) is 1. The lowest BCUT2D eigenvalue weighted by atomic mass is 10.0. The van der Waals surface area contributed by atoms with Crippen molar-refractivity contribution in [3.05, 3.63) is 34.8 Å². The molecule has 0 fully saturated rings. The summed E-state index contributed by atoms with van der Waals surface area (Å²) < 4.78 is 13.7. The van der Waals surface area contributed by atoms with E-state index in [-0.39, 0.29) is 5.82 Å². The quantitative estimate of drug-likeness (QED) is 0.900. The number of fused-ring (bicyclic) bond motifs is 2. The van der Waals surface area contributed by atoms with Crippen molar-refractivity contribution in [2.75, 3.05) is 11.9 Å². The van der Waals surface area contributed by atoms with Gasteiger partial charge in [-0.25, -0.2) is 4.39 Å². The van der Waals surface area contributed by atoms with Crippen molar-refractivity contribution in [1.29, 1.82) is 0 Å². The van der Waals surface area contributed by atoms with E-state index >= 15 is 0 Å². The third-order valence-electron chi connectivity index (χ3n) is 3.84. The Morgan fingerprint density at radius 3 is 2.95 bits per heavy atom. The number of hydrogen-bond acceptors (Lipinski definition) is 2. The molecular weight excluding hydrogens is 239 g/mol. The number of benzene rings is 1. The maximum Gasteiger partial charge on any atom is 0.128 e. The number of halogens is 1. The van der Waals surface area contributed by atoms with E-state index in [1.807, 2.05) is 13.0 Å². The largest absolute Gasteiger partial charge is 0.384 e. The summed E-state index contributed by atoms with van der Waals surface area (Å²) in [4.78, 5) is 4.65. The Bertz CT molecular complexity index is 634. The lowest BCUT2D eigenvalue weighted by Gasteiger charge is -2.15. The highest BCUT2D eigenvalue weighted by Gasteiger charge is 2.20. The molecule has 0 spiro atoms. The van der Waals surface area contributed by atoms with Crippen LogP contribution in [0.5, 0.6) is 0 Å². The van der Waals surface area contributed by atoms with Gasteiger partial charge in [-0.05, 0) is 49.8 Å². The number of hydrogen-bond donors (Lipinski definition) is 1. The van der Waals surface area contributed by atoms with Crippen LogP contribution in [-0.2, 0) is 12.8 Å². The molecule has 1 aromatic heterocycles. The average molecular weight is 258 g/mol. The molecule has 1 N–H and O–H groups in total. The Morgan fingerprint density at radius 2 is 2.16 bits per heavy atom. The molecule has 0 aliphatic heterocycles. The highest BCUT2D eigenvalue weighted by atomic mass is 19.1. The number of aryl methyl sites for hydroxylation is 2. The second-order valence-corrected chi connectivity index (χ2v) is 5.31. The molecule has 0 bridgehead atoms. The van der Waals surface area contributed by atoms with Gasteiger partial charge >= 0.3 is 0 Å². The Balaban J connectivity index is 2.25. The van der Waals surface area contributed by atoms with Crippen molar-refractivity contribution in [2.24, 2.45) is 0 Å². The van der Waals surface area contributed by atoms with Gasteiger partial charge in [-0.15, -0.1) is 0 Å². The smallest absolute Gasteiger partial charge is 0.128 e. The minimum Gasteiger partial charge on any atom is -0.384 e. The lowest BCUT2D eigenvalue weighted by Crippen LogP contribution is -2.05. The Labute approximate surface area is 113 Å². The Hall–Kier alpha value is -1.64. The summed E-state index contributed by atoms with van der Waals surface area (Å²) in [6.45, 7) is 4.91. The van der Waals surface area contributed by atoms with Gasteiger partial charge in [0.15, 0.2) is 0 Å². The third kappa shape index (κ3) is 2.07. The van der Waals surface area contributed by atoms with Gasteiger partial charge in [0, 0.05) is 29.4 Å². The SMILES string of the molecule is CCCNc1c2c(nc3cc(F)c(C)cc13)CCC2. The van der Waals surface area contributed by atoms with Crippen molar-refractivity contribution in [1.82, 2.24) is 4.98 Å². The fraction of sp³-hybridized carbons (Fsp3) is 0.438. The third-order valence-corrected chi connectivity index (χ3v) is 3.84. The fourth-order valence-electron chi connectivity index (χ4n) is 2.84. The van der Waals surface area contributed by atoms with Crippen molar-refractivity contribution in [3.8, 4) is 0 Å². The molecule has 0 saturated carbocycles. The van der Waals surface area contributed by atoms with Crippen LogP contribution in [0.4, 0.5) is 10.1 Å². The van der Waals surface area contributed by atoms with E-state index in [0.29, 0.717) is 5.56 Å². The zero-order chi connectivity index (χ0) is 13.4. The van der Waals surface area contributed by atoms with E-state index in [1.165, 1.54) is 11.3 Å². The van der Waals surface area contributed by atoms with Gasteiger partial charge in [-0.1, -0.05) is 6.92 Å². The number of rotatable bonds is 3. The van der Waals surface area contributed by atoms with Gasteiger partial charge in [0.25, 0.3) is 0 Å². The van der Waals surface area contributed by atoms with Crippen molar-refractivity contribution < 1.29 is 4.39 Å². The number of anilines is 1. The summed E-state index contributed by atoms with van der Waals surface area (Å²) >= 11 is 0. The van der Waals surface area contributed by atoms with E-state index in [2.05, 4.69) is 17.2 Å². The van der Waals surface area contributed by atoms with Crippen molar-refractivity contribution >= 4 is 16.6 Å². The summed E-state index contributed by atoms with van der Waals surface area (Å²) in [5.74, 6) is -0.167. The molecule has 3 heteroatoms. The minimum absolute atomic E-state index is 0.167. The zero-order valence-corrected chi connectivity index (χ0v) is 11.5. The molecule has 2 nitrogen and oxygen atoms in total. The monoisotopic (exact) mass is 258 g/mol. The van der Waals surface area contributed by atoms with Crippen LogP contribution in [0.1, 0.15) is 36.6 Å². The second kappa shape index (κ2) is 4.80. The van der Waals surface area contributed by atoms with Gasteiger partial charge in [-0.2, -0.15) is 0 Å². The Kier molecular flexibility index (Phi) is 3.13. The van der Waals surface area contributed by atoms with Crippen LogP contribution in [-0.4, -0.2) is 11.5 Å². The van der Waals surface area contributed by atoms with E-state index in [0.717, 1.165) is 48.8 Å². The number of aromatic nitrogens is 1. The summed E-state index contributed by atoms with van der Waals surface area (Å²) in [6, 6.07) is 3.49. The van der Waals surface area contributed by atoms with E-state index in [1.54, 1.807) is 6.07 Å². The molecular formula is C16H19FN2. The molecule has 0 atom stereocenters. The molecule has 1 aliphatic carbocycles. The van der Waals surface area contributed by atoms with Crippen molar-refractivity contribution in [2.45, 2.75) is 39.5 Å². The van der Waals surface area contributed by atoms with Crippen LogP contribution in [0.25, 0.3) is 10.9 Å². The molecule has 0 saturated heterocycles. The molecule has 0 unspecified atom stereocenters. The van der Waals surface area contributed by atoms with Crippen LogP contribution in [0, 0.1) is 12.7 Å². The van der Waals surface area contributed by atoms with Crippen LogP contribution in [0.2, 0.25) is 0 Å². The average Bonchev–Trinajstić information content (AvgIpc) is 2.84. The maximum atomic E-state index is 13.7.